The molecule has 0 fully saturated rings. The van der Waals surface area contributed by atoms with Crippen molar-refractivity contribution in [3.63, 3.8) is 0 Å². The van der Waals surface area contributed by atoms with Crippen LogP contribution >= 0.6 is 11.3 Å². The molecule has 0 spiro atoms. The van der Waals surface area contributed by atoms with E-state index in [1.165, 1.54) is 29.1 Å². The van der Waals surface area contributed by atoms with Crippen LogP contribution in [0.15, 0.2) is 32.4 Å². The Balaban J connectivity index is 2.10. The topological polar surface area (TPSA) is 106 Å². The number of methoxy groups -OCH3 is 1. The molecule has 0 bridgehead atoms. The van der Waals surface area contributed by atoms with E-state index in [4.69, 9.17) is 4.42 Å². The average Bonchev–Trinajstić information content (AvgIpc) is 3.24. The van der Waals surface area contributed by atoms with Crippen LogP contribution in [-0.2, 0) is 17.6 Å². The number of aliphatic imine (C=N–C) groups is 1. The van der Waals surface area contributed by atoms with Crippen LogP contribution in [0.3, 0.4) is 0 Å². The number of hydrogen-bond acceptors (Lipinski definition) is 7. The third-order valence-electron chi connectivity index (χ3n) is 6.28. The van der Waals surface area contributed by atoms with Crippen molar-refractivity contribution >= 4 is 29.4 Å². The molecule has 2 rings (SSSR count). The number of hydrogen-bond donors (Lipinski definition) is 1. The summed E-state index contributed by atoms with van der Waals surface area (Å²) < 4.78 is 9.88. The molecule has 2 aromatic rings. The van der Waals surface area contributed by atoms with Crippen molar-refractivity contribution in [2.24, 2.45) is 16.3 Å². The predicted molar refractivity (Wildman–Crippen MR) is 134 cm³/mol. The van der Waals surface area contributed by atoms with Crippen LogP contribution in [0.2, 0.25) is 0 Å². The van der Waals surface area contributed by atoms with Gasteiger partial charge in [0.05, 0.1) is 7.11 Å². The van der Waals surface area contributed by atoms with Gasteiger partial charge >= 0.3 is 11.7 Å². The number of aryl methyl sites for hydroxylation is 1. The fourth-order valence-corrected chi connectivity index (χ4v) is 4.90. The zero-order valence-corrected chi connectivity index (χ0v) is 21.7. The second-order valence-electron chi connectivity index (χ2n) is 9.28. The number of carbonyl (C=O) groups excluding carboxylic acids is 2. The van der Waals surface area contributed by atoms with E-state index in [1.807, 2.05) is 20.8 Å². The molecular formula is C26H35NO6S. The molecule has 1 amide bonds. The van der Waals surface area contributed by atoms with E-state index >= 15 is 0 Å². The lowest BCUT2D eigenvalue weighted by Gasteiger charge is -2.30. The Morgan fingerprint density at radius 3 is 2.53 bits per heavy atom. The standard InChI is InChI=1S/C26H35NO6S/c1-7-18-11-12-19(34-18)15-26(4,5)17(3)23(29)22-20(28)14-21(33-24(22)30)16(2)10-8-9-13-27-25(31)32-6/h11-14,16-17,28H,7-10,15H2,1-6H3. The Morgan fingerprint density at radius 1 is 1.26 bits per heavy atom. The van der Waals surface area contributed by atoms with Crippen molar-refractivity contribution in [3.8, 4) is 5.75 Å². The van der Waals surface area contributed by atoms with Gasteiger partial charge in [0.15, 0.2) is 5.78 Å². The molecule has 0 aliphatic rings. The molecule has 0 saturated heterocycles. The van der Waals surface area contributed by atoms with Crippen molar-refractivity contribution < 1.29 is 23.8 Å². The number of Topliss-reactive ketones (excluding diaryl/α,β-unsaturated/α-hetero) is 1. The summed E-state index contributed by atoms with van der Waals surface area (Å²) in [5.74, 6) is -1.09. The van der Waals surface area contributed by atoms with Gasteiger partial charge in [0.1, 0.15) is 17.1 Å². The lowest BCUT2D eigenvalue weighted by Crippen LogP contribution is -2.33. The molecule has 2 aromatic heterocycles. The fraction of sp³-hybridized carbons (Fsp3) is 0.538. The van der Waals surface area contributed by atoms with Crippen LogP contribution in [0.1, 0.15) is 85.7 Å². The maximum absolute atomic E-state index is 13.2. The molecule has 1 N–H and O–H groups in total. The van der Waals surface area contributed by atoms with E-state index in [0.717, 1.165) is 6.42 Å². The van der Waals surface area contributed by atoms with Gasteiger partial charge in [-0.05, 0) is 49.7 Å². The van der Waals surface area contributed by atoms with Gasteiger partial charge in [-0.2, -0.15) is 4.99 Å². The van der Waals surface area contributed by atoms with Crippen LogP contribution in [0.5, 0.6) is 5.75 Å². The molecule has 0 aromatic carbocycles. The van der Waals surface area contributed by atoms with Crippen LogP contribution in [0.4, 0.5) is 4.79 Å². The van der Waals surface area contributed by atoms with E-state index in [-0.39, 0.29) is 17.2 Å². The normalized spacial score (nSPS) is 13.7. The Labute approximate surface area is 204 Å². The smallest absolute Gasteiger partial charge is 0.432 e. The van der Waals surface area contributed by atoms with Gasteiger partial charge in [0.25, 0.3) is 0 Å². The van der Waals surface area contributed by atoms with Crippen LogP contribution in [0.25, 0.3) is 0 Å². The Hall–Kier alpha value is -2.74. The zero-order chi connectivity index (χ0) is 25.5. The van der Waals surface area contributed by atoms with Gasteiger partial charge < -0.3 is 14.3 Å². The highest BCUT2D eigenvalue weighted by Gasteiger charge is 2.35. The number of ketones is 1. The molecule has 34 heavy (non-hydrogen) atoms. The minimum Gasteiger partial charge on any atom is -0.507 e. The highest BCUT2D eigenvalue weighted by Crippen LogP contribution is 2.36. The van der Waals surface area contributed by atoms with E-state index < -0.39 is 28.8 Å². The second kappa shape index (κ2) is 12.1. The minimum atomic E-state index is -0.814. The van der Waals surface area contributed by atoms with Crippen LogP contribution < -0.4 is 5.63 Å². The molecule has 7 nitrogen and oxygen atoms in total. The molecule has 8 heteroatoms. The number of aromatic hydroxyl groups is 1. The maximum atomic E-state index is 13.2. The van der Waals surface area contributed by atoms with Gasteiger partial charge in [-0.25, -0.2) is 9.59 Å². The molecule has 186 valence electrons. The minimum absolute atomic E-state index is 0.158. The van der Waals surface area contributed by atoms with Gasteiger partial charge in [0.2, 0.25) is 0 Å². The lowest BCUT2D eigenvalue weighted by atomic mass is 9.73. The van der Waals surface area contributed by atoms with Crippen LogP contribution in [0, 0.1) is 11.3 Å². The summed E-state index contributed by atoms with van der Waals surface area (Å²) in [5.41, 5.74) is -1.52. The Morgan fingerprint density at radius 2 is 1.94 bits per heavy atom. The Bertz CT molecular complexity index is 1080. The van der Waals surface area contributed by atoms with Crippen molar-refractivity contribution in [1.82, 2.24) is 0 Å². The van der Waals surface area contributed by atoms with Crippen molar-refractivity contribution in [2.75, 3.05) is 7.11 Å². The third kappa shape index (κ3) is 7.13. The molecule has 2 atom stereocenters. The third-order valence-corrected chi connectivity index (χ3v) is 7.51. The maximum Gasteiger partial charge on any atom is 0.432 e. The molecule has 0 radical (unpaired) electrons. The second-order valence-corrected chi connectivity index (χ2v) is 10.5. The van der Waals surface area contributed by atoms with Crippen molar-refractivity contribution in [3.05, 3.63) is 49.7 Å². The summed E-state index contributed by atoms with van der Waals surface area (Å²) in [5, 5.41) is 10.6. The summed E-state index contributed by atoms with van der Waals surface area (Å²) in [6.45, 7) is 9.77. The fourth-order valence-electron chi connectivity index (χ4n) is 3.70. The largest absolute Gasteiger partial charge is 0.507 e. The number of nitrogens with zero attached hydrogens (tertiary/aromatic N) is 1. The van der Waals surface area contributed by atoms with Gasteiger partial charge in [-0.3, -0.25) is 4.79 Å². The first-order chi connectivity index (χ1) is 16.0. The SMILES string of the molecule is CCc1ccc(CC(C)(C)C(C)C(=O)c2c(O)cc(C(C)CCCC=NC(=O)OC)oc2=O)s1. The van der Waals surface area contributed by atoms with Crippen LogP contribution in [-0.4, -0.2) is 30.3 Å². The van der Waals surface area contributed by atoms with Crippen molar-refractivity contribution in [1.29, 1.82) is 0 Å². The molecule has 2 unspecified atom stereocenters. The monoisotopic (exact) mass is 489 g/mol. The number of amides is 1. The van der Waals surface area contributed by atoms with Crippen molar-refractivity contribution in [2.45, 2.75) is 72.6 Å². The van der Waals surface area contributed by atoms with E-state index in [9.17, 15) is 19.5 Å². The first-order valence-corrected chi connectivity index (χ1v) is 12.4. The number of unbranched alkanes of at least 4 members (excludes halogenated alkanes) is 1. The van der Waals surface area contributed by atoms with Gasteiger partial charge in [-0.15, -0.1) is 11.3 Å². The highest BCUT2D eigenvalue weighted by molar-refractivity contribution is 7.12. The Kier molecular flexibility index (Phi) is 9.79. The number of rotatable bonds is 11. The number of thiophene rings is 1. The van der Waals surface area contributed by atoms with E-state index in [0.29, 0.717) is 31.4 Å². The first-order valence-electron chi connectivity index (χ1n) is 11.6. The van der Waals surface area contributed by atoms with E-state index in [1.54, 1.807) is 18.3 Å². The summed E-state index contributed by atoms with van der Waals surface area (Å²) in [4.78, 5) is 43.0. The number of carbonyl (C=O) groups is 2. The van der Waals surface area contributed by atoms with Gasteiger partial charge in [0, 0.05) is 33.9 Å². The summed E-state index contributed by atoms with van der Waals surface area (Å²) in [6, 6.07) is 5.56. The lowest BCUT2D eigenvalue weighted by molar-refractivity contribution is 0.0812. The quantitative estimate of drug-likeness (QED) is 0.230. The number of ether oxygens (including phenoxy) is 1. The van der Waals surface area contributed by atoms with Gasteiger partial charge in [-0.1, -0.05) is 34.6 Å². The zero-order valence-electron chi connectivity index (χ0n) is 20.8. The summed E-state index contributed by atoms with van der Waals surface area (Å²) in [6.07, 6.45) is 4.40. The molecular weight excluding hydrogens is 454 g/mol. The van der Waals surface area contributed by atoms with E-state index in [2.05, 4.69) is 28.8 Å². The molecule has 0 saturated carbocycles. The highest BCUT2D eigenvalue weighted by atomic mass is 32.1. The summed E-state index contributed by atoms with van der Waals surface area (Å²) >= 11 is 1.74. The molecule has 0 aliphatic heterocycles. The average molecular weight is 490 g/mol. The predicted octanol–water partition coefficient (Wildman–Crippen LogP) is 6.17. The first kappa shape index (κ1) is 27.5. The molecule has 0 aliphatic carbocycles. The summed E-state index contributed by atoms with van der Waals surface area (Å²) in [7, 11) is 1.26. The molecule has 2 heterocycles.